The third-order valence-corrected chi connectivity index (χ3v) is 3.18. The van der Waals surface area contributed by atoms with Crippen LogP contribution in [0.25, 0.3) is 0 Å². The molecular formula is C15H10Cl2O2. The van der Waals surface area contributed by atoms with Crippen LogP contribution < -0.4 is 0 Å². The fourth-order valence-electron chi connectivity index (χ4n) is 1.79. The van der Waals surface area contributed by atoms with E-state index < -0.39 is 10.5 Å². The summed E-state index contributed by atoms with van der Waals surface area (Å²) in [6.07, 6.45) is 0.661. The Hall–Kier alpha value is -1.64. The molecule has 0 unspecified atom stereocenters. The molecule has 0 fully saturated rings. The number of hydrogen-bond acceptors (Lipinski definition) is 2. The number of hydrogen-bond donors (Lipinski definition) is 0. The first-order valence-electron chi connectivity index (χ1n) is 5.64. The number of rotatable bonds is 4. The Balaban J connectivity index is 2.19. The van der Waals surface area contributed by atoms with Gasteiger partial charge in [-0.3, -0.25) is 9.59 Å². The van der Waals surface area contributed by atoms with Crippen molar-refractivity contribution in [3.8, 4) is 0 Å². The lowest BCUT2D eigenvalue weighted by atomic mass is 10.0. The van der Waals surface area contributed by atoms with Crippen molar-refractivity contribution in [2.24, 2.45) is 0 Å². The molecule has 0 radical (unpaired) electrons. The minimum absolute atomic E-state index is 0.468. The van der Waals surface area contributed by atoms with Gasteiger partial charge in [0.1, 0.15) is 0 Å². The third kappa shape index (κ3) is 3.66. The first-order chi connectivity index (χ1) is 9.06. The second-order valence-corrected chi connectivity index (χ2v) is 4.81. The van der Waals surface area contributed by atoms with Crippen LogP contribution in [0.2, 0.25) is 0 Å². The summed E-state index contributed by atoms with van der Waals surface area (Å²) in [5.74, 6) is 0. The van der Waals surface area contributed by atoms with Crippen molar-refractivity contribution < 1.29 is 9.59 Å². The van der Waals surface area contributed by atoms with Gasteiger partial charge in [0, 0.05) is 11.1 Å². The van der Waals surface area contributed by atoms with Gasteiger partial charge < -0.3 is 0 Å². The average Bonchev–Trinajstić information content (AvgIpc) is 2.39. The molecule has 96 valence electrons. The molecule has 0 atom stereocenters. The molecule has 19 heavy (non-hydrogen) atoms. The van der Waals surface area contributed by atoms with Gasteiger partial charge in [-0.2, -0.15) is 0 Å². The van der Waals surface area contributed by atoms with E-state index in [0.717, 1.165) is 11.1 Å². The number of carbonyl (C=O) groups is 2. The number of carbonyl (C=O) groups excluding carboxylic acids is 2. The van der Waals surface area contributed by atoms with Gasteiger partial charge in [-0.05, 0) is 58.9 Å². The molecule has 0 aliphatic rings. The summed E-state index contributed by atoms with van der Waals surface area (Å²) in [6.45, 7) is 0. The fourth-order valence-corrected chi connectivity index (χ4v) is 2.04. The first kappa shape index (κ1) is 13.8. The van der Waals surface area contributed by atoms with Crippen LogP contribution in [0.15, 0.2) is 48.5 Å². The molecule has 0 heterocycles. The highest BCUT2D eigenvalue weighted by Crippen LogP contribution is 2.14. The predicted molar refractivity (Wildman–Crippen MR) is 76.1 cm³/mol. The SMILES string of the molecule is O=C(Cl)c1ccc(Cc2cccc(C(=O)Cl)c2)cc1. The Morgan fingerprint density at radius 1 is 0.789 bits per heavy atom. The van der Waals surface area contributed by atoms with Crippen molar-refractivity contribution in [2.75, 3.05) is 0 Å². The van der Waals surface area contributed by atoms with Crippen LogP contribution in [0.5, 0.6) is 0 Å². The maximum Gasteiger partial charge on any atom is 0.252 e. The molecule has 0 bridgehead atoms. The summed E-state index contributed by atoms with van der Waals surface area (Å²) < 4.78 is 0. The van der Waals surface area contributed by atoms with Gasteiger partial charge in [0.15, 0.2) is 0 Å². The van der Waals surface area contributed by atoms with Gasteiger partial charge >= 0.3 is 0 Å². The molecule has 0 aliphatic carbocycles. The maximum atomic E-state index is 11.1. The highest BCUT2D eigenvalue weighted by atomic mass is 35.5. The molecular weight excluding hydrogens is 283 g/mol. The Kier molecular flexibility index (Phi) is 4.35. The van der Waals surface area contributed by atoms with E-state index in [-0.39, 0.29) is 0 Å². The Bertz CT molecular complexity index is 618. The summed E-state index contributed by atoms with van der Waals surface area (Å²) in [6, 6.07) is 14.2. The van der Waals surface area contributed by atoms with E-state index in [9.17, 15) is 9.59 Å². The summed E-state index contributed by atoms with van der Waals surface area (Å²) >= 11 is 10.8. The van der Waals surface area contributed by atoms with Gasteiger partial charge in [-0.1, -0.05) is 30.3 Å². The van der Waals surface area contributed by atoms with E-state index in [1.807, 2.05) is 18.2 Å². The van der Waals surface area contributed by atoms with E-state index in [2.05, 4.69) is 0 Å². The van der Waals surface area contributed by atoms with Gasteiger partial charge in [-0.25, -0.2) is 0 Å². The van der Waals surface area contributed by atoms with Gasteiger partial charge in [0.05, 0.1) is 0 Å². The summed E-state index contributed by atoms with van der Waals surface area (Å²) in [5.41, 5.74) is 2.96. The molecule has 0 saturated carbocycles. The van der Waals surface area contributed by atoms with Crippen LogP contribution in [0.1, 0.15) is 31.8 Å². The van der Waals surface area contributed by atoms with E-state index in [1.54, 1.807) is 30.3 Å². The highest BCUT2D eigenvalue weighted by Gasteiger charge is 2.04. The minimum atomic E-state index is -0.471. The molecule has 2 rings (SSSR count). The lowest BCUT2D eigenvalue weighted by Gasteiger charge is -2.04. The van der Waals surface area contributed by atoms with Gasteiger partial charge in [-0.15, -0.1) is 0 Å². The topological polar surface area (TPSA) is 34.1 Å². The van der Waals surface area contributed by atoms with Crippen LogP contribution >= 0.6 is 23.2 Å². The van der Waals surface area contributed by atoms with E-state index in [4.69, 9.17) is 23.2 Å². The molecule has 2 aromatic rings. The van der Waals surface area contributed by atoms with Crippen LogP contribution in [-0.4, -0.2) is 10.5 Å². The zero-order valence-electron chi connectivity index (χ0n) is 9.90. The van der Waals surface area contributed by atoms with Crippen molar-refractivity contribution in [1.29, 1.82) is 0 Å². The second-order valence-electron chi connectivity index (χ2n) is 4.12. The summed E-state index contributed by atoms with van der Waals surface area (Å²) in [7, 11) is 0. The van der Waals surface area contributed by atoms with Crippen molar-refractivity contribution in [2.45, 2.75) is 6.42 Å². The lowest BCUT2D eigenvalue weighted by Crippen LogP contribution is -1.94. The maximum absolute atomic E-state index is 11.1. The van der Waals surface area contributed by atoms with Crippen LogP contribution in [0.4, 0.5) is 0 Å². The van der Waals surface area contributed by atoms with Crippen LogP contribution in [-0.2, 0) is 6.42 Å². The largest absolute Gasteiger partial charge is 0.276 e. The highest BCUT2D eigenvalue weighted by molar-refractivity contribution is 6.68. The van der Waals surface area contributed by atoms with E-state index in [1.165, 1.54) is 0 Å². The summed E-state index contributed by atoms with van der Waals surface area (Å²) in [5, 5.41) is -0.939. The normalized spacial score (nSPS) is 10.2. The molecule has 2 aromatic carbocycles. The third-order valence-electron chi connectivity index (χ3n) is 2.74. The van der Waals surface area contributed by atoms with E-state index >= 15 is 0 Å². The van der Waals surface area contributed by atoms with Crippen molar-refractivity contribution in [3.05, 3.63) is 70.8 Å². The smallest absolute Gasteiger partial charge is 0.252 e. The van der Waals surface area contributed by atoms with E-state index in [0.29, 0.717) is 17.5 Å². The Labute approximate surface area is 121 Å². The number of benzene rings is 2. The average molecular weight is 293 g/mol. The standard InChI is InChI=1S/C15H10Cl2O2/c16-14(18)12-6-4-10(5-7-12)8-11-2-1-3-13(9-11)15(17)19/h1-7,9H,8H2. The lowest BCUT2D eigenvalue weighted by molar-refractivity contribution is 0.107. The van der Waals surface area contributed by atoms with Crippen LogP contribution in [0, 0.1) is 0 Å². The van der Waals surface area contributed by atoms with Crippen molar-refractivity contribution in [3.63, 3.8) is 0 Å². The molecule has 0 spiro atoms. The quantitative estimate of drug-likeness (QED) is 0.797. The molecule has 0 N–H and O–H groups in total. The van der Waals surface area contributed by atoms with Gasteiger partial charge in [0.2, 0.25) is 0 Å². The molecule has 0 amide bonds. The molecule has 0 saturated heterocycles. The Morgan fingerprint density at radius 2 is 1.42 bits per heavy atom. The summed E-state index contributed by atoms with van der Waals surface area (Å²) in [4.78, 5) is 22.0. The fraction of sp³-hybridized carbons (Fsp3) is 0.0667. The second kappa shape index (κ2) is 6.00. The number of halogens is 2. The van der Waals surface area contributed by atoms with Gasteiger partial charge in [0.25, 0.3) is 10.5 Å². The molecule has 4 heteroatoms. The molecule has 0 aliphatic heterocycles. The molecule has 2 nitrogen and oxygen atoms in total. The zero-order valence-corrected chi connectivity index (χ0v) is 11.4. The monoisotopic (exact) mass is 292 g/mol. The predicted octanol–water partition coefficient (Wildman–Crippen LogP) is 4.04. The Morgan fingerprint density at radius 3 is 2.00 bits per heavy atom. The zero-order chi connectivity index (χ0) is 13.8. The minimum Gasteiger partial charge on any atom is -0.276 e. The first-order valence-corrected chi connectivity index (χ1v) is 6.39. The molecule has 0 aromatic heterocycles. The van der Waals surface area contributed by atoms with Crippen molar-refractivity contribution >= 4 is 33.7 Å². The van der Waals surface area contributed by atoms with Crippen molar-refractivity contribution in [1.82, 2.24) is 0 Å². The van der Waals surface area contributed by atoms with Crippen LogP contribution in [0.3, 0.4) is 0 Å².